The van der Waals surface area contributed by atoms with Gasteiger partial charge in [-0.2, -0.15) is 9.97 Å². The van der Waals surface area contributed by atoms with Crippen molar-refractivity contribution in [3.05, 3.63) is 11.9 Å². The fourth-order valence-corrected chi connectivity index (χ4v) is 1.42. The Hall–Kier alpha value is -2.42. The van der Waals surface area contributed by atoms with E-state index in [4.69, 9.17) is 11.5 Å². The van der Waals surface area contributed by atoms with Gasteiger partial charge in [0.2, 0.25) is 5.95 Å². The summed E-state index contributed by atoms with van der Waals surface area (Å²) in [6.07, 6.45) is 4.62. The summed E-state index contributed by atoms with van der Waals surface area (Å²) in [7, 11) is 0. The minimum Gasteiger partial charge on any atom is -0.382 e. The molecule has 0 unspecified atom stereocenters. The lowest BCUT2D eigenvalue weighted by Gasteiger charge is -2.00. The SMILES string of the molecule is CCCCC#Cc1cnc2nc(N)nc(N)c2n1. The van der Waals surface area contributed by atoms with Crippen LogP contribution >= 0.6 is 0 Å². The van der Waals surface area contributed by atoms with Gasteiger partial charge >= 0.3 is 0 Å². The molecular formula is C12H14N6. The first-order valence-electron chi connectivity index (χ1n) is 5.75. The van der Waals surface area contributed by atoms with Crippen molar-refractivity contribution in [2.75, 3.05) is 11.5 Å². The molecule has 0 atom stereocenters. The fourth-order valence-electron chi connectivity index (χ4n) is 1.42. The van der Waals surface area contributed by atoms with E-state index in [2.05, 4.69) is 38.7 Å². The Morgan fingerprint density at radius 3 is 2.83 bits per heavy atom. The van der Waals surface area contributed by atoms with Crippen LogP contribution in [0.3, 0.4) is 0 Å². The first kappa shape index (κ1) is 12.0. The Balaban J connectivity index is 2.34. The Kier molecular flexibility index (Phi) is 3.53. The van der Waals surface area contributed by atoms with Gasteiger partial charge in [-0.05, 0) is 12.3 Å². The second-order valence-electron chi connectivity index (χ2n) is 3.80. The van der Waals surface area contributed by atoms with Crippen LogP contribution in [0.4, 0.5) is 11.8 Å². The van der Waals surface area contributed by atoms with Crippen molar-refractivity contribution in [2.24, 2.45) is 0 Å². The molecule has 2 aromatic rings. The molecule has 0 bridgehead atoms. The predicted octanol–water partition coefficient (Wildman–Crippen LogP) is 1.13. The summed E-state index contributed by atoms with van der Waals surface area (Å²) in [5, 5.41) is 0. The summed E-state index contributed by atoms with van der Waals surface area (Å²) < 4.78 is 0. The fraction of sp³-hybridized carbons (Fsp3) is 0.333. The van der Waals surface area contributed by atoms with Crippen LogP contribution < -0.4 is 11.5 Å². The van der Waals surface area contributed by atoms with E-state index in [0.717, 1.165) is 19.3 Å². The Labute approximate surface area is 105 Å². The maximum atomic E-state index is 5.72. The van der Waals surface area contributed by atoms with E-state index >= 15 is 0 Å². The van der Waals surface area contributed by atoms with Gasteiger partial charge in [-0.15, -0.1) is 0 Å². The van der Waals surface area contributed by atoms with E-state index < -0.39 is 0 Å². The topological polar surface area (TPSA) is 104 Å². The quantitative estimate of drug-likeness (QED) is 0.604. The van der Waals surface area contributed by atoms with Crippen molar-refractivity contribution in [1.29, 1.82) is 0 Å². The number of nitrogens with zero attached hydrogens (tertiary/aromatic N) is 4. The van der Waals surface area contributed by atoms with E-state index in [1.54, 1.807) is 6.20 Å². The number of unbranched alkanes of at least 4 members (excludes halogenated alkanes) is 2. The van der Waals surface area contributed by atoms with Gasteiger partial charge in [-0.1, -0.05) is 19.3 Å². The average molecular weight is 242 g/mol. The van der Waals surface area contributed by atoms with Crippen molar-refractivity contribution in [3.63, 3.8) is 0 Å². The van der Waals surface area contributed by atoms with Gasteiger partial charge in [-0.3, -0.25) is 0 Å². The summed E-state index contributed by atoms with van der Waals surface area (Å²) in [5.41, 5.74) is 12.6. The maximum absolute atomic E-state index is 5.72. The number of hydrogen-bond acceptors (Lipinski definition) is 6. The second-order valence-corrected chi connectivity index (χ2v) is 3.80. The monoisotopic (exact) mass is 242 g/mol. The van der Waals surface area contributed by atoms with Crippen LogP contribution in [0.25, 0.3) is 11.2 Å². The zero-order valence-corrected chi connectivity index (χ0v) is 10.1. The summed E-state index contributed by atoms with van der Waals surface area (Å²) in [4.78, 5) is 16.2. The molecule has 0 aromatic carbocycles. The second kappa shape index (κ2) is 5.27. The molecule has 0 aliphatic carbocycles. The third-order valence-electron chi connectivity index (χ3n) is 2.32. The molecule has 0 aliphatic heterocycles. The molecular weight excluding hydrogens is 228 g/mol. The smallest absolute Gasteiger partial charge is 0.224 e. The minimum atomic E-state index is 0.0936. The van der Waals surface area contributed by atoms with E-state index in [1.165, 1.54) is 0 Å². The normalized spacial score (nSPS) is 10.1. The highest BCUT2D eigenvalue weighted by Crippen LogP contribution is 2.13. The zero-order chi connectivity index (χ0) is 13.0. The van der Waals surface area contributed by atoms with Gasteiger partial charge in [0.25, 0.3) is 0 Å². The summed E-state index contributed by atoms with van der Waals surface area (Å²) in [6.45, 7) is 2.12. The zero-order valence-electron chi connectivity index (χ0n) is 10.1. The predicted molar refractivity (Wildman–Crippen MR) is 70.4 cm³/mol. The van der Waals surface area contributed by atoms with Gasteiger partial charge in [0.1, 0.15) is 5.69 Å². The lowest BCUT2D eigenvalue weighted by atomic mass is 10.2. The summed E-state index contributed by atoms with van der Waals surface area (Å²) >= 11 is 0. The highest BCUT2D eigenvalue weighted by molar-refractivity contribution is 5.82. The Bertz CT molecular complexity index is 625. The number of fused-ring (bicyclic) bond motifs is 1. The molecule has 2 rings (SSSR count). The molecule has 0 saturated carbocycles. The Morgan fingerprint density at radius 2 is 2.06 bits per heavy atom. The maximum Gasteiger partial charge on any atom is 0.224 e. The van der Waals surface area contributed by atoms with Crippen LogP contribution in [0.15, 0.2) is 6.20 Å². The standard InChI is InChI=1S/C12H14N6/c1-2-3-4-5-6-8-7-15-11-9(16-8)10(13)17-12(14)18-11/h7H,2-4H2,1H3,(H4,13,14,15,17,18). The Morgan fingerprint density at radius 1 is 1.22 bits per heavy atom. The van der Waals surface area contributed by atoms with E-state index in [-0.39, 0.29) is 11.8 Å². The van der Waals surface area contributed by atoms with Crippen LogP contribution in [0.1, 0.15) is 31.9 Å². The molecule has 0 fully saturated rings. The molecule has 2 aromatic heterocycles. The molecule has 0 amide bonds. The van der Waals surface area contributed by atoms with Gasteiger partial charge in [-0.25, -0.2) is 9.97 Å². The average Bonchev–Trinajstić information content (AvgIpc) is 2.35. The molecule has 0 radical (unpaired) electrons. The first-order valence-corrected chi connectivity index (χ1v) is 5.75. The lowest BCUT2D eigenvalue weighted by molar-refractivity contribution is 0.828. The lowest BCUT2D eigenvalue weighted by Crippen LogP contribution is -2.03. The largest absolute Gasteiger partial charge is 0.382 e. The van der Waals surface area contributed by atoms with Gasteiger partial charge in [0.05, 0.1) is 6.20 Å². The highest BCUT2D eigenvalue weighted by Gasteiger charge is 2.06. The number of rotatable bonds is 2. The molecule has 92 valence electrons. The van der Waals surface area contributed by atoms with Gasteiger partial charge in [0.15, 0.2) is 17.0 Å². The van der Waals surface area contributed by atoms with E-state index in [0.29, 0.717) is 16.9 Å². The van der Waals surface area contributed by atoms with Crippen molar-refractivity contribution in [3.8, 4) is 11.8 Å². The van der Waals surface area contributed by atoms with E-state index in [9.17, 15) is 0 Å². The van der Waals surface area contributed by atoms with Crippen molar-refractivity contribution in [1.82, 2.24) is 19.9 Å². The number of hydrogen-bond donors (Lipinski definition) is 2. The molecule has 2 heterocycles. The highest BCUT2D eigenvalue weighted by atomic mass is 15.1. The third-order valence-corrected chi connectivity index (χ3v) is 2.32. The number of aromatic nitrogens is 4. The van der Waals surface area contributed by atoms with Crippen LogP contribution in [0, 0.1) is 11.8 Å². The summed E-state index contributed by atoms with van der Waals surface area (Å²) in [5.74, 6) is 6.30. The first-order chi connectivity index (χ1) is 8.70. The molecule has 6 heteroatoms. The van der Waals surface area contributed by atoms with Crippen LogP contribution in [0.2, 0.25) is 0 Å². The van der Waals surface area contributed by atoms with Gasteiger partial charge in [0, 0.05) is 6.42 Å². The number of nitrogens with two attached hydrogens (primary N) is 2. The number of nitrogen functional groups attached to an aromatic ring is 2. The van der Waals surface area contributed by atoms with Gasteiger partial charge < -0.3 is 11.5 Å². The van der Waals surface area contributed by atoms with Crippen molar-refractivity contribution < 1.29 is 0 Å². The molecule has 6 nitrogen and oxygen atoms in total. The van der Waals surface area contributed by atoms with Crippen LogP contribution in [0.5, 0.6) is 0 Å². The van der Waals surface area contributed by atoms with E-state index in [1.807, 2.05) is 0 Å². The van der Waals surface area contributed by atoms with Crippen LogP contribution in [-0.4, -0.2) is 19.9 Å². The minimum absolute atomic E-state index is 0.0936. The molecule has 0 saturated heterocycles. The molecule has 4 N–H and O–H groups in total. The summed E-state index contributed by atoms with van der Waals surface area (Å²) in [6, 6.07) is 0. The van der Waals surface area contributed by atoms with Crippen LogP contribution in [-0.2, 0) is 0 Å². The molecule has 0 aliphatic rings. The third kappa shape index (κ3) is 2.63. The molecule has 0 spiro atoms. The van der Waals surface area contributed by atoms with Crippen molar-refractivity contribution >= 4 is 22.9 Å². The van der Waals surface area contributed by atoms with Crippen molar-refractivity contribution in [2.45, 2.75) is 26.2 Å². The number of anilines is 2. The molecule has 18 heavy (non-hydrogen) atoms.